The number of oxazole rings is 1. The molecule has 2 rings (SSSR count). The molecule has 0 aliphatic rings. The summed E-state index contributed by atoms with van der Waals surface area (Å²) in [6, 6.07) is 4.33. The van der Waals surface area contributed by atoms with Crippen molar-refractivity contribution in [1.82, 2.24) is 4.98 Å². The van der Waals surface area contributed by atoms with E-state index in [-0.39, 0.29) is 0 Å². The average molecular weight is 187 g/mol. The van der Waals surface area contributed by atoms with E-state index in [0.29, 0.717) is 0 Å². The molecule has 0 atom stereocenters. The van der Waals surface area contributed by atoms with Crippen LogP contribution < -0.4 is 0 Å². The highest BCUT2D eigenvalue weighted by atomic mass is 16.3. The molecule has 0 unspecified atom stereocenters. The van der Waals surface area contributed by atoms with Gasteiger partial charge in [0, 0.05) is 5.56 Å². The number of nitrogens with zero attached hydrogens (tertiary/aromatic N) is 1. The second kappa shape index (κ2) is 3.29. The van der Waals surface area contributed by atoms with Crippen molar-refractivity contribution < 1.29 is 4.42 Å². The van der Waals surface area contributed by atoms with Gasteiger partial charge in [0.2, 0.25) is 0 Å². The van der Waals surface area contributed by atoms with Crippen molar-refractivity contribution >= 4 is 0 Å². The molecule has 0 bridgehead atoms. The highest BCUT2D eigenvalue weighted by Gasteiger charge is 2.08. The second-order valence-electron chi connectivity index (χ2n) is 3.65. The van der Waals surface area contributed by atoms with E-state index in [9.17, 15) is 0 Å². The van der Waals surface area contributed by atoms with Crippen molar-refractivity contribution in [2.45, 2.75) is 20.8 Å². The fourth-order valence-electron chi connectivity index (χ4n) is 1.92. The number of hydrogen-bond donors (Lipinski definition) is 0. The molecule has 2 aromatic rings. The van der Waals surface area contributed by atoms with Crippen LogP contribution in [0.4, 0.5) is 0 Å². The summed E-state index contributed by atoms with van der Waals surface area (Å²) in [4.78, 5) is 4.17. The third-order valence-corrected chi connectivity index (χ3v) is 2.37. The van der Waals surface area contributed by atoms with Crippen LogP contribution in [0, 0.1) is 20.8 Å². The smallest absolute Gasteiger partial charge is 0.181 e. The first kappa shape index (κ1) is 9.00. The van der Waals surface area contributed by atoms with E-state index < -0.39 is 0 Å². The van der Waals surface area contributed by atoms with Gasteiger partial charge in [0.15, 0.2) is 6.39 Å². The van der Waals surface area contributed by atoms with E-state index in [1.807, 2.05) is 0 Å². The molecule has 0 N–H and O–H groups in total. The van der Waals surface area contributed by atoms with Crippen LogP contribution in [0.1, 0.15) is 16.7 Å². The molecule has 14 heavy (non-hydrogen) atoms. The third-order valence-electron chi connectivity index (χ3n) is 2.37. The van der Waals surface area contributed by atoms with Crippen molar-refractivity contribution in [3.63, 3.8) is 0 Å². The van der Waals surface area contributed by atoms with Gasteiger partial charge >= 0.3 is 0 Å². The topological polar surface area (TPSA) is 26.0 Å². The van der Waals surface area contributed by atoms with Crippen LogP contribution in [0.15, 0.2) is 29.2 Å². The van der Waals surface area contributed by atoms with Crippen LogP contribution in [0.25, 0.3) is 11.3 Å². The summed E-state index contributed by atoms with van der Waals surface area (Å²) in [6.45, 7) is 6.31. The zero-order valence-electron chi connectivity index (χ0n) is 8.66. The lowest BCUT2D eigenvalue weighted by Gasteiger charge is -2.07. The monoisotopic (exact) mass is 187 g/mol. The van der Waals surface area contributed by atoms with E-state index in [0.717, 1.165) is 5.69 Å². The van der Waals surface area contributed by atoms with Gasteiger partial charge in [-0.3, -0.25) is 0 Å². The molecule has 0 radical (unpaired) electrons. The average Bonchev–Trinajstić information content (AvgIpc) is 2.54. The van der Waals surface area contributed by atoms with Crippen LogP contribution in [0.3, 0.4) is 0 Å². The maximum absolute atomic E-state index is 5.00. The van der Waals surface area contributed by atoms with E-state index in [2.05, 4.69) is 37.9 Å². The molecule has 2 nitrogen and oxygen atoms in total. The molecule has 0 aliphatic heterocycles. The van der Waals surface area contributed by atoms with E-state index in [1.165, 1.54) is 28.6 Å². The summed E-state index contributed by atoms with van der Waals surface area (Å²) >= 11 is 0. The summed E-state index contributed by atoms with van der Waals surface area (Å²) in [5.41, 5.74) is 5.88. The van der Waals surface area contributed by atoms with E-state index in [4.69, 9.17) is 4.42 Å². The fraction of sp³-hybridized carbons (Fsp3) is 0.250. The van der Waals surface area contributed by atoms with Gasteiger partial charge in [-0.2, -0.15) is 0 Å². The normalized spacial score (nSPS) is 10.5. The molecule has 0 saturated carbocycles. The summed E-state index contributed by atoms with van der Waals surface area (Å²) in [7, 11) is 0. The van der Waals surface area contributed by atoms with E-state index in [1.54, 1.807) is 6.26 Å². The van der Waals surface area contributed by atoms with Gasteiger partial charge in [0.1, 0.15) is 12.0 Å². The quantitative estimate of drug-likeness (QED) is 0.684. The summed E-state index contributed by atoms with van der Waals surface area (Å²) < 4.78 is 5.00. The number of benzene rings is 1. The lowest BCUT2D eigenvalue weighted by Crippen LogP contribution is -1.89. The maximum Gasteiger partial charge on any atom is 0.181 e. The molecular weight excluding hydrogens is 174 g/mol. The summed E-state index contributed by atoms with van der Waals surface area (Å²) in [5, 5.41) is 0. The Morgan fingerprint density at radius 2 is 1.71 bits per heavy atom. The molecular formula is C12H13NO. The molecule has 1 heterocycles. The van der Waals surface area contributed by atoms with Crippen molar-refractivity contribution in [2.24, 2.45) is 0 Å². The molecule has 0 fully saturated rings. The summed E-state index contributed by atoms with van der Waals surface area (Å²) in [6.07, 6.45) is 3.15. The number of aromatic nitrogens is 1. The highest BCUT2D eigenvalue weighted by molar-refractivity contribution is 5.67. The zero-order valence-corrected chi connectivity index (χ0v) is 8.66. The minimum absolute atomic E-state index is 0.917. The van der Waals surface area contributed by atoms with Crippen LogP contribution in [0.2, 0.25) is 0 Å². The SMILES string of the molecule is Cc1cc(C)c(-c2cocn2)c(C)c1. The predicted molar refractivity (Wildman–Crippen MR) is 56.2 cm³/mol. The van der Waals surface area contributed by atoms with Crippen molar-refractivity contribution in [3.05, 3.63) is 41.5 Å². The Hall–Kier alpha value is -1.57. The number of hydrogen-bond acceptors (Lipinski definition) is 2. The Morgan fingerprint density at radius 3 is 2.21 bits per heavy atom. The fourth-order valence-corrected chi connectivity index (χ4v) is 1.92. The molecule has 2 heteroatoms. The third kappa shape index (κ3) is 1.43. The standard InChI is InChI=1S/C12H13NO/c1-8-4-9(2)12(10(3)5-8)11-6-14-7-13-11/h4-7H,1-3H3. The Labute approximate surface area is 83.6 Å². The van der Waals surface area contributed by atoms with Gasteiger partial charge in [-0.15, -0.1) is 0 Å². The maximum atomic E-state index is 5.00. The highest BCUT2D eigenvalue weighted by Crippen LogP contribution is 2.26. The van der Waals surface area contributed by atoms with Gasteiger partial charge in [-0.05, 0) is 31.9 Å². The molecule has 0 saturated heterocycles. The molecule has 1 aromatic heterocycles. The molecule has 0 spiro atoms. The molecule has 72 valence electrons. The first-order chi connectivity index (χ1) is 6.68. The molecule has 0 amide bonds. The van der Waals surface area contributed by atoms with Crippen LogP contribution in [-0.2, 0) is 0 Å². The molecule has 1 aromatic carbocycles. The van der Waals surface area contributed by atoms with Crippen molar-refractivity contribution in [1.29, 1.82) is 0 Å². The molecule has 0 aliphatic carbocycles. The number of aryl methyl sites for hydroxylation is 3. The van der Waals surface area contributed by atoms with Gasteiger partial charge < -0.3 is 4.42 Å². The van der Waals surface area contributed by atoms with Crippen molar-refractivity contribution in [2.75, 3.05) is 0 Å². The van der Waals surface area contributed by atoms with Gasteiger partial charge in [-0.1, -0.05) is 17.7 Å². The first-order valence-electron chi connectivity index (χ1n) is 4.65. The van der Waals surface area contributed by atoms with Gasteiger partial charge in [0.25, 0.3) is 0 Å². The van der Waals surface area contributed by atoms with Crippen LogP contribution in [-0.4, -0.2) is 4.98 Å². The Kier molecular flexibility index (Phi) is 2.12. The largest absolute Gasteiger partial charge is 0.451 e. The van der Waals surface area contributed by atoms with Crippen LogP contribution >= 0.6 is 0 Å². The minimum atomic E-state index is 0.917. The predicted octanol–water partition coefficient (Wildman–Crippen LogP) is 3.27. The lowest BCUT2D eigenvalue weighted by atomic mass is 9.98. The van der Waals surface area contributed by atoms with Crippen LogP contribution in [0.5, 0.6) is 0 Å². The first-order valence-corrected chi connectivity index (χ1v) is 4.65. The lowest BCUT2D eigenvalue weighted by molar-refractivity contribution is 0.558. The van der Waals surface area contributed by atoms with Crippen molar-refractivity contribution in [3.8, 4) is 11.3 Å². The Bertz CT molecular complexity index is 420. The Morgan fingerprint density at radius 1 is 1.07 bits per heavy atom. The number of rotatable bonds is 1. The second-order valence-corrected chi connectivity index (χ2v) is 3.65. The van der Waals surface area contributed by atoms with Gasteiger partial charge in [0.05, 0.1) is 0 Å². The van der Waals surface area contributed by atoms with E-state index >= 15 is 0 Å². The Balaban J connectivity index is 2.64. The van der Waals surface area contributed by atoms with Gasteiger partial charge in [-0.25, -0.2) is 4.98 Å². The minimum Gasteiger partial charge on any atom is -0.451 e. The zero-order chi connectivity index (χ0) is 10.1. The summed E-state index contributed by atoms with van der Waals surface area (Å²) in [5.74, 6) is 0.